The Labute approximate surface area is 126 Å². The SMILES string of the molecule is CCOC(=O)[C@@](C)(CCn1cc(I)cn1)S(C)(=O)=O. The first-order chi connectivity index (χ1) is 8.70. The fraction of sp³-hybridized carbons (Fsp3) is 0.636. The van der Waals surface area contributed by atoms with Gasteiger partial charge in [0.25, 0.3) is 0 Å². The molecule has 0 fully saturated rings. The van der Waals surface area contributed by atoms with Crippen molar-refractivity contribution in [2.24, 2.45) is 0 Å². The summed E-state index contributed by atoms with van der Waals surface area (Å²) < 4.78 is 29.6. The number of ether oxygens (including phenoxy) is 1. The number of carbonyl (C=O) groups excluding carboxylic acids is 1. The molecule has 0 saturated carbocycles. The molecule has 0 N–H and O–H groups in total. The zero-order valence-electron chi connectivity index (χ0n) is 11.1. The van der Waals surface area contributed by atoms with E-state index in [0.29, 0.717) is 6.54 Å². The van der Waals surface area contributed by atoms with Gasteiger partial charge in [0.05, 0.1) is 16.4 Å². The summed E-state index contributed by atoms with van der Waals surface area (Å²) in [6.07, 6.45) is 4.64. The van der Waals surface area contributed by atoms with Crippen molar-refractivity contribution < 1.29 is 17.9 Å². The molecule has 6 nitrogen and oxygen atoms in total. The first-order valence-electron chi connectivity index (χ1n) is 5.75. The van der Waals surface area contributed by atoms with Gasteiger partial charge in [0, 0.05) is 19.0 Å². The van der Waals surface area contributed by atoms with Crippen molar-refractivity contribution >= 4 is 38.4 Å². The van der Waals surface area contributed by atoms with Gasteiger partial charge in [-0.2, -0.15) is 5.10 Å². The summed E-state index contributed by atoms with van der Waals surface area (Å²) in [6.45, 7) is 3.54. The first kappa shape index (κ1) is 16.4. The molecule has 0 aromatic carbocycles. The minimum atomic E-state index is -3.57. The Kier molecular flexibility index (Phi) is 5.36. The Bertz CT molecular complexity index is 555. The summed E-state index contributed by atoms with van der Waals surface area (Å²) in [4.78, 5) is 11.9. The number of halogens is 1. The third kappa shape index (κ3) is 3.91. The smallest absolute Gasteiger partial charge is 0.327 e. The quantitative estimate of drug-likeness (QED) is 0.531. The highest BCUT2D eigenvalue weighted by Gasteiger charge is 2.44. The van der Waals surface area contributed by atoms with Crippen LogP contribution < -0.4 is 0 Å². The van der Waals surface area contributed by atoms with Gasteiger partial charge in [-0.25, -0.2) is 8.42 Å². The molecule has 0 radical (unpaired) electrons. The van der Waals surface area contributed by atoms with Gasteiger partial charge >= 0.3 is 5.97 Å². The Morgan fingerprint density at radius 3 is 2.63 bits per heavy atom. The summed E-state index contributed by atoms with van der Waals surface area (Å²) in [5.41, 5.74) is 0. The highest BCUT2D eigenvalue weighted by Crippen LogP contribution is 2.23. The maximum atomic E-state index is 11.9. The van der Waals surface area contributed by atoms with Crippen molar-refractivity contribution in [3.05, 3.63) is 16.0 Å². The molecule has 1 atom stereocenters. The molecule has 1 heterocycles. The van der Waals surface area contributed by atoms with Crippen LogP contribution in [0.25, 0.3) is 0 Å². The minimum Gasteiger partial charge on any atom is -0.465 e. The number of sulfone groups is 1. The van der Waals surface area contributed by atoms with Gasteiger partial charge in [-0.3, -0.25) is 9.48 Å². The van der Waals surface area contributed by atoms with E-state index in [4.69, 9.17) is 4.74 Å². The van der Waals surface area contributed by atoms with Crippen LogP contribution in [0.1, 0.15) is 20.3 Å². The van der Waals surface area contributed by atoms with E-state index in [1.54, 1.807) is 24.0 Å². The summed E-state index contributed by atoms with van der Waals surface area (Å²) in [7, 11) is -3.57. The Morgan fingerprint density at radius 1 is 1.58 bits per heavy atom. The molecular weight excluding hydrogens is 383 g/mol. The van der Waals surface area contributed by atoms with Gasteiger partial charge in [0.2, 0.25) is 0 Å². The van der Waals surface area contributed by atoms with Crippen LogP contribution in [0.2, 0.25) is 0 Å². The van der Waals surface area contributed by atoms with Crippen LogP contribution in [0.5, 0.6) is 0 Å². The number of aryl methyl sites for hydroxylation is 1. The van der Waals surface area contributed by atoms with Crippen LogP contribution in [-0.2, 0) is 25.9 Å². The molecule has 1 aromatic heterocycles. The summed E-state index contributed by atoms with van der Waals surface area (Å²) in [5.74, 6) is -0.709. The second-order valence-electron chi connectivity index (χ2n) is 4.40. The van der Waals surface area contributed by atoms with Crippen molar-refractivity contribution in [1.29, 1.82) is 0 Å². The number of carbonyl (C=O) groups is 1. The fourth-order valence-electron chi connectivity index (χ4n) is 1.51. The topological polar surface area (TPSA) is 78.3 Å². The molecule has 0 aliphatic rings. The van der Waals surface area contributed by atoms with Crippen LogP contribution in [-0.4, -0.2) is 41.8 Å². The molecule has 0 unspecified atom stereocenters. The van der Waals surface area contributed by atoms with Gasteiger partial charge in [0.1, 0.15) is 0 Å². The van der Waals surface area contributed by atoms with Gasteiger partial charge in [-0.05, 0) is 42.9 Å². The molecule has 1 aromatic rings. The Balaban J connectivity index is 2.90. The third-order valence-corrected chi connectivity index (χ3v) is 5.51. The number of nitrogens with zero attached hydrogens (tertiary/aromatic N) is 2. The highest BCUT2D eigenvalue weighted by atomic mass is 127. The second-order valence-corrected chi connectivity index (χ2v) is 8.09. The predicted molar refractivity (Wildman–Crippen MR) is 79.4 cm³/mol. The molecule has 1 rings (SSSR count). The predicted octanol–water partition coefficient (Wildman–Crippen LogP) is 1.24. The molecule has 0 spiro atoms. The number of aromatic nitrogens is 2. The van der Waals surface area contributed by atoms with E-state index in [2.05, 4.69) is 27.7 Å². The van der Waals surface area contributed by atoms with Crippen molar-refractivity contribution in [1.82, 2.24) is 9.78 Å². The first-order valence-corrected chi connectivity index (χ1v) is 8.72. The molecule has 19 heavy (non-hydrogen) atoms. The minimum absolute atomic E-state index is 0.127. The van der Waals surface area contributed by atoms with Crippen molar-refractivity contribution in [3.63, 3.8) is 0 Å². The average Bonchev–Trinajstić information content (AvgIpc) is 2.70. The lowest BCUT2D eigenvalue weighted by Crippen LogP contribution is -2.45. The van der Waals surface area contributed by atoms with Gasteiger partial charge in [-0.1, -0.05) is 0 Å². The Morgan fingerprint density at radius 2 is 2.21 bits per heavy atom. The number of rotatable bonds is 6. The van der Waals surface area contributed by atoms with Crippen molar-refractivity contribution in [2.75, 3.05) is 12.9 Å². The van der Waals surface area contributed by atoms with Crippen molar-refractivity contribution in [2.45, 2.75) is 31.6 Å². The van der Waals surface area contributed by atoms with Gasteiger partial charge in [0.15, 0.2) is 14.6 Å². The Hall–Kier alpha value is -0.640. The summed E-state index contributed by atoms with van der Waals surface area (Å²) >= 11 is 2.11. The van der Waals surface area contributed by atoms with Gasteiger partial charge < -0.3 is 4.74 Å². The third-order valence-electron chi connectivity index (χ3n) is 2.95. The standard InChI is InChI=1S/C11H17IN2O4S/c1-4-18-10(15)11(2,19(3,16)17)5-6-14-8-9(12)7-13-14/h7-8H,4-6H2,1-3H3/t11-/m1/s1. The summed E-state index contributed by atoms with van der Waals surface area (Å²) in [6, 6.07) is 0. The zero-order valence-corrected chi connectivity index (χ0v) is 14.1. The molecule has 0 aliphatic heterocycles. The van der Waals surface area contributed by atoms with E-state index in [1.807, 2.05) is 0 Å². The van der Waals surface area contributed by atoms with E-state index in [1.165, 1.54) is 6.92 Å². The lowest BCUT2D eigenvalue weighted by molar-refractivity contribution is -0.146. The van der Waals surface area contributed by atoms with Crippen LogP contribution in [0.15, 0.2) is 12.4 Å². The molecule has 108 valence electrons. The van der Waals surface area contributed by atoms with E-state index < -0.39 is 20.6 Å². The lowest BCUT2D eigenvalue weighted by Gasteiger charge is -2.25. The van der Waals surface area contributed by atoms with Crippen LogP contribution >= 0.6 is 22.6 Å². The van der Waals surface area contributed by atoms with Gasteiger partial charge in [-0.15, -0.1) is 0 Å². The monoisotopic (exact) mass is 400 g/mol. The zero-order chi connectivity index (χ0) is 14.7. The normalized spacial score (nSPS) is 14.9. The van der Waals surface area contributed by atoms with E-state index in [-0.39, 0.29) is 13.0 Å². The van der Waals surface area contributed by atoms with Crippen molar-refractivity contribution in [3.8, 4) is 0 Å². The van der Waals surface area contributed by atoms with E-state index in [9.17, 15) is 13.2 Å². The molecular formula is C11H17IN2O4S. The van der Waals surface area contributed by atoms with Crippen LogP contribution in [0.3, 0.4) is 0 Å². The summed E-state index contributed by atoms with van der Waals surface area (Å²) in [5, 5.41) is 4.07. The number of esters is 1. The maximum absolute atomic E-state index is 11.9. The van der Waals surface area contributed by atoms with Crippen LogP contribution in [0.4, 0.5) is 0 Å². The van der Waals surface area contributed by atoms with E-state index >= 15 is 0 Å². The molecule has 0 aliphatic carbocycles. The lowest BCUT2D eigenvalue weighted by atomic mass is 10.1. The highest BCUT2D eigenvalue weighted by molar-refractivity contribution is 14.1. The molecule has 0 amide bonds. The van der Waals surface area contributed by atoms with E-state index in [0.717, 1.165) is 9.83 Å². The number of hydrogen-bond acceptors (Lipinski definition) is 5. The molecule has 0 bridgehead atoms. The maximum Gasteiger partial charge on any atom is 0.327 e. The number of hydrogen-bond donors (Lipinski definition) is 0. The average molecular weight is 400 g/mol. The molecule has 0 saturated heterocycles. The van der Waals surface area contributed by atoms with Crippen LogP contribution in [0, 0.1) is 3.57 Å². The molecule has 8 heteroatoms. The largest absolute Gasteiger partial charge is 0.465 e. The second kappa shape index (κ2) is 6.21. The fourth-order valence-corrected chi connectivity index (χ4v) is 2.78.